The second-order valence-electron chi connectivity index (χ2n) is 5.22. The molecule has 0 bridgehead atoms. The summed E-state index contributed by atoms with van der Waals surface area (Å²) in [5.74, 6) is 1.76. The van der Waals surface area contributed by atoms with Crippen molar-refractivity contribution in [2.45, 2.75) is 32.9 Å². The molecule has 6 nitrogen and oxygen atoms in total. The van der Waals surface area contributed by atoms with Crippen molar-refractivity contribution in [2.75, 3.05) is 10.6 Å². The molecule has 0 radical (unpaired) electrons. The van der Waals surface area contributed by atoms with E-state index in [9.17, 15) is 0 Å². The molecule has 0 aromatic carbocycles. The summed E-state index contributed by atoms with van der Waals surface area (Å²) in [5, 5.41) is 12.5. The lowest BCUT2D eigenvalue weighted by Crippen LogP contribution is -2.09. The first-order valence-corrected chi connectivity index (χ1v) is 9.10. The Bertz CT molecular complexity index is 668. The Labute approximate surface area is 143 Å². The average molecular weight is 346 g/mol. The van der Waals surface area contributed by atoms with Crippen molar-refractivity contribution < 1.29 is 0 Å². The summed E-state index contributed by atoms with van der Waals surface area (Å²) in [7, 11) is 0. The van der Waals surface area contributed by atoms with Gasteiger partial charge >= 0.3 is 0 Å². The highest BCUT2D eigenvalue weighted by molar-refractivity contribution is 7.09. The first kappa shape index (κ1) is 15.8. The maximum Gasteiger partial charge on any atom is 0.225 e. The maximum absolute atomic E-state index is 4.58. The summed E-state index contributed by atoms with van der Waals surface area (Å²) in [4.78, 5) is 17.6. The SMILES string of the molecule is CC(C)c1cc(NCc2nccs2)nc(NCc2nccs2)n1. The minimum Gasteiger partial charge on any atom is -0.363 e. The van der Waals surface area contributed by atoms with Gasteiger partial charge in [0.1, 0.15) is 15.8 Å². The van der Waals surface area contributed by atoms with E-state index in [1.54, 1.807) is 28.9 Å². The molecule has 2 N–H and O–H groups in total. The zero-order valence-corrected chi connectivity index (χ0v) is 14.6. The molecule has 0 aliphatic carbocycles. The molecular formula is C15H18N6S2. The van der Waals surface area contributed by atoms with E-state index in [1.807, 2.05) is 23.0 Å². The Morgan fingerprint density at radius 3 is 2.17 bits per heavy atom. The molecule has 0 saturated heterocycles. The van der Waals surface area contributed by atoms with Gasteiger partial charge in [-0.3, -0.25) is 0 Å². The molecule has 8 heteroatoms. The Balaban J connectivity index is 1.72. The van der Waals surface area contributed by atoms with Crippen molar-refractivity contribution in [2.24, 2.45) is 0 Å². The van der Waals surface area contributed by atoms with Gasteiger partial charge in [0.15, 0.2) is 0 Å². The third kappa shape index (κ3) is 4.46. The number of hydrogen-bond donors (Lipinski definition) is 2. The highest BCUT2D eigenvalue weighted by Gasteiger charge is 2.09. The topological polar surface area (TPSA) is 75.6 Å². The predicted molar refractivity (Wildman–Crippen MR) is 95.0 cm³/mol. The Morgan fingerprint density at radius 2 is 1.61 bits per heavy atom. The number of hydrogen-bond acceptors (Lipinski definition) is 8. The predicted octanol–water partition coefficient (Wildman–Crippen LogP) is 3.74. The molecule has 0 atom stereocenters. The largest absolute Gasteiger partial charge is 0.363 e. The van der Waals surface area contributed by atoms with Gasteiger partial charge in [0, 0.05) is 29.2 Å². The molecule has 0 amide bonds. The monoisotopic (exact) mass is 346 g/mol. The Morgan fingerprint density at radius 1 is 0.957 bits per heavy atom. The van der Waals surface area contributed by atoms with Crippen molar-refractivity contribution >= 4 is 34.4 Å². The van der Waals surface area contributed by atoms with Crippen molar-refractivity contribution in [1.82, 2.24) is 19.9 Å². The highest BCUT2D eigenvalue weighted by Crippen LogP contribution is 2.19. The van der Waals surface area contributed by atoms with Crippen molar-refractivity contribution in [3.05, 3.63) is 44.9 Å². The molecule has 3 rings (SSSR count). The van der Waals surface area contributed by atoms with Crippen LogP contribution in [0.25, 0.3) is 0 Å². The zero-order valence-electron chi connectivity index (χ0n) is 13.0. The van der Waals surface area contributed by atoms with Crippen molar-refractivity contribution in [3.8, 4) is 0 Å². The smallest absolute Gasteiger partial charge is 0.225 e. The lowest BCUT2D eigenvalue weighted by atomic mass is 10.1. The van der Waals surface area contributed by atoms with Gasteiger partial charge in [0.2, 0.25) is 5.95 Å². The summed E-state index contributed by atoms with van der Waals surface area (Å²) in [6.45, 7) is 5.54. The van der Waals surface area contributed by atoms with Crippen LogP contribution in [-0.4, -0.2) is 19.9 Å². The fraction of sp³-hybridized carbons (Fsp3) is 0.333. The fourth-order valence-corrected chi connectivity index (χ4v) is 3.04. The Hall–Kier alpha value is -2.06. The van der Waals surface area contributed by atoms with Gasteiger partial charge < -0.3 is 10.6 Å². The molecule has 0 spiro atoms. The van der Waals surface area contributed by atoms with E-state index < -0.39 is 0 Å². The molecule has 3 aromatic heterocycles. The maximum atomic E-state index is 4.58. The van der Waals surface area contributed by atoms with E-state index in [0.29, 0.717) is 25.0 Å². The first-order valence-electron chi connectivity index (χ1n) is 7.34. The van der Waals surface area contributed by atoms with Crippen LogP contribution in [0.1, 0.15) is 35.5 Å². The minimum atomic E-state index is 0.332. The van der Waals surface area contributed by atoms with E-state index >= 15 is 0 Å². The van der Waals surface area contributed by atoms with Gasteiger partial charge in [-0.2, -0.15) is 4.98 Å². The third-order valence-corrected chi connectivity index (χ3v) is 4.68. The fourth-order valence-electron chi connectivity index (χ4n) is 1.93. The van der Waals surface area contributed by atoms with Crippen LogP contribution in [0.5, 0.6) is 0 Å². The molecular weight excluding hydrogens is 328 g/mol. The third-order valence-electron chi connectivity index (χ3n) is 3.12. The van der Waals surface area contributed by atoms with Crippen LogP contribution in [0.3, 0.4) is 0 Å². The van der Waals surface area contributed by atoms with Crippen LogP contribution >= 0.6 is 22.7 Å². The summed E-state index contributed by atoms with van der Waals surface area (Å²) >= 11 is 3.24. The number of nitrogens with one attached hydrogen (secondary N) is 2. The zero-order chi connectivity index (χ0) is 16.1. The molecule has 0 fully saturated rings. The van der Waals surface area contributed by atoms with Crippen molar-refractivity contribution in [3.63, 3.8) is 0 Å². The molecule has 0 aliphatic heterocycles. The number of aromatic nitrogens is 4. The molecule has 3 aromatic rings. The van der Waals surface area contributed by atoms with Gasteiger partial charge in [-0.1, -0.05) is 13.8 Å². The van der Waals surface area contributed by atoms with E-state index in [2.05, 4.69) is 44.4 Å². The van der Waals surface area contributed by atoms with E-state index in [1.165, 1.54) is 0 Å². The van der Waals surface area contributed by atoms with E-state index in [0.717, 1.165) is 21.5 Å². The number of nitrogens with zero attached hydrogens (tertiary/aromatic N) is 4. The number of rotatable bonds is 7. The van der Waals surface area contributed by atoms with Crippen LogP contribution in [0.15, 0.2) is 29.2 Å². The van der Waals surface area contributed by atoms with Gasteiger partial charge in [-0.15, -0.1) is 22.7 Å². The van der Waals surface area contributed by atoms with E-state index in [4.69, 9.17) is 0 Å². The summed E-state index contributed by atoms with van der Waals surface area (Å²) in [5.41, 5.74) is 1.00. The molecule has 120 valence electrons. The van der Waals surface area contributed by atoms with Gasteiger partial charge in [0.25, 0.3) is 0 Å². The van der Waals surface area contributed by atoms with Gasteiger partial charge in [-0.05, 0) is 5.92 Å². The van der Waals surface area contributed by atoms with Gasteiger partial charge in [0.05, 0.1) is 18.8 Å². The lowest BCUT2D eigenvalue weighted by Gasteiger charge is -2.12. The lowest BCUT2D eigenvalue weighted by molar-refractivity contribution is 0.813. The second-order valence-corrected chi connectivity index (χ2v) is 7.17. The normalized spacial score (nSPS) is 10.9. The quantitative estimate of drug-likeness (QED) is 0.679. The Kier molecular flexibility index (Phi) is 5.14. The summed E-state index contributed by atoms with van der Waals surface area (Å²) < 4.78 is 0. The van der Waals surface area contributed by atoms with Crippen LogP contribution in [-0.2, 0) is 13.1 Å². The van der Waals surface area contributed by atoms with Crippen LogP contribution in [0.4, 0.5) is 11.8 Å². The first-order chi connectivity index (χ1) is 11.2. The van der Waals surface area contributed by atoms with E-state index in [-0.39, 0.29) is 0 Å². The standard InChI is InChI=1S/C15H18N6S2/c1-10(2)11-7-12(18-8-13-16-3-5-22-13)21-15(20-11)19-9-14-17-4-6-23-14/h3-7,10H,8-9H2,1-2H3,(H2,18,19,20,21). The molecule has 0 aliphatic rings. The van der Waals surface area contributed by atoms with Crippen LogP contribution < -0.4 is 10.6 Å². The summed E-state index contributed by atoms with van der Waals surface area (Å²) in [6, 6.07) is 1.99. The molecule has 3 heterocycles. The average Bonchev–Trinajstić information content (AvgIpc) is 3.24. The molecule has 0 saturated carbocycles. The second kappa shape index (κ2) is 7.47. The minimum absolute atomic E-state index is 0.332. The summed E-state index contributed by atoms with van der Waals surface area (Å²) in [6.07, 6.45) is 3.61. The molecule has 23 heavy (non-hydrogen) atoms. The molecule has 0 unspecified atom stereocenters. The van der Waals surface area contributed by atoms with Crippen LogP contribution in [0.2, 0.25) is 0 Å². The highest BCUT2D eigenvalue weighted by atomic mass is 32.1. The van der Waals surface area contributed by atoms with Crippen molar-refractivity contribution in [1.29, 1.82) is 0 Å². The number of thiazole rings is 2. The van der Waals surface area contributed by atoms with Gasteiger partial charge in [-0.25, -0.2) is 15.0 Å². The number of anilines is 2. The van der Waals surface area contributed by atoms with Crippen LogP contribution in [0, 0.1) is 0 Å².